The number of hydrogen-bond acceptors (Lipinski definition) is 3. The molecule has 0 bridgehead atoms. The van der Waals surface area contributed by atoms with Gasteiger partial charge < -0.3 is 0 Å². The highest BCUT2D eigenvalue weighted by Gasteiger charge is 2.36. The first-order valence-corrected chi connectivity index (χ1v) is 5.95. The number of hydrogen-bond donors (Lipinski definition) is 0. The van der Waals surface area contributed by atoms with E-state index in [1.807, 2.05) is 17.5 Å². The standard InChI is InChI=1S/C10H14N2S/c1-2-9-6-8(7-12(9)4-1)10-11-3-5-13-10/h3,5,8-9H,1-2,4,6-7H2. The molecule has 3 heteroatoms. The highest BCUT2D eigenvalue weighted by atomic mass is 32.1. The van der Waals surface area contributed by atoms with E-state index in [4.69, 9.17) is 0 Å². The van der Waals surface area contributed by atoms with Crippen molar-refractivity contribution >= 4 is 11.3 Å². The van der Waals surface area contributed by atoms with Crippen LogP contribution in [0.5, 0.6) is 0 Å². The molecule has 2 fully saturated rings. The van der Waals surface area contributed by atoms with E-state index in [1.165, 1.54) is 37.4 Å². The molecule has 2 atom stereocenters. The van der Waals surface area contributed by atoms with E-state index in [1.54, 1.807) is 0 Å². The van der Waals surface area contributed by atoms with Crippen molar-refractivity contribution in [2.45, 2.75) is 31.2 Å². The van der Waals surface area contributed by atoms with Gasteiger partial charge in [-0.2, -0.15) is 0 Å². The molecule has 0 saturated carbocycles. The van der Waals surface area contributed by atoms with Crippen molar-refractivity contribution in [3.8, 4) is 0 Å². The summed E-state index contributed by atoms with van der Waals surface area (Å²) in [5.74, 6) is 0.741. The minimum atomic E-state index is 0.741. The van der Waals surface area contributed by atoms with Gasteiger partial charge in [0.2, 0.25) is 0 Å². The van der Waals surface area contributed by atoms with Crippen LogP contribution in [-0.4, -0.2) is 29.0 Å². The second-order valence-electron chi connectivity index (χ2n) is 4.09. The number of fused-ring (bicyclic) bond motifs is 1. The van der Waals surface area contributed by atoms with Crippen LogP contribution in [0.15, 0.2) is 11.6 Å². The third kappa shape index (κ3) is 1.30. The molecule has 0 spiro atoms. The summed E-state index contributed by atoms with van der Waals surface area (Å²) in [6.07, 6.45) is 6.12. The van der Waals surface area contributed by atoms with Crippen LogP contribution < -0.4 is 0 Å². The van der Waals surface area contributed by atoms with Gasteiger partial charge in [0.25, 0.3) is 0 Å². The fraction of sp³-hybridized carbons (Fsp3) is 0.700. The number of thiazole rings is 1. The fourth-order valence-corrected chi connectivity index (χ4v) is 3.45. The van der Waals surface area contributed by atoms with Crippen LogP contribution in [0.25, 0.3) is 0 Å². The third-order valence-electron chi connectivity index (χ3n) is 3.31. The SMILES string of the molecule is c1csc(C2CC3CCCN3C2)n1. The third-order valence-corrected chi connectivity index (χ3v) is 4.25. The Bertz CT molecular complexity index is 271. The predicted octanol–water partition coefficient (Wildman–Crippen LogP) is 2.09. The molecule has 13 heavy (non-hydrogen) atoms. The maximum Gasteiger partial charge on any atom is 0.0969 e. The van der Waals surface area contributed by atoms with E-state index in [2.05, 4.69) is 15.3 Å². The Balaban J connectivity index is 1.76. The van der Waals surface area contributed by atoms with E-state index in [0.29, 0.717) is 0 Å². The molecule has 1 aromatic rings. The van der Waals surface area contributed by atoms with Crippen LogP contribution in [0.1, 0.15) is 30.2 Å². The topological polar surface area (TPSA) is 16.1 Å². The first-order chi connectivity index (χ1) is 6.43. The maximum absolute atomic E-state index is 4.42. The molecule has 0 aromatic carbocycles. The van der Waals surface area contributed by atoms with Crippen LogP contribution in [-0.2, 0) is 0 Å². The molecule has 3 rings (SSSR count). The highest BCUT2D eigenvalue weighted by Crippen LogP contribution is 2.37. The van der Waals surface area contributed by atoms with Gasteiger partial charge in [0.15, 0.2) is 0 Å². The van der Waals surface area contributed by atoms with Crippen molar-refractivity contribution in [1.29, 1.82) is 0 Å². The molecular formula is C10H14N2S. The lowest BCUT2D eigenvalue weighted by Crippen LogP contribution is -2.22. The molecule has 2 aliphatic rings. The number of nitrogens with zero attached hydrogens (tertiary/aromatic N) is 2. The summed E-state index contributed by atoms with van der Waals surface area (Å²) in [6.45, 7) is 2.59. The van der Waals surface area contributed by atoms with Gasteiger partial charge in [0.05, 0.1) is 5.01 Å². The number of rotatable bonds is 1. The minimum absolute atomic E-state index is 0.741. The van der Waals surface area contributed by atoms with Crippen molar-refractivity contribution in [2.24, 2.45) is 0 Å². The van der Waals surface area contributed by atoms with Gasteiger partial charge in [-0.3, -0.25) is 4.90 Å². The Morgan fingerprint density at radius 2 is 2.54 bits per heavy atom. The molecule has 2 nitrogen and oxygen atoms in total. The highest BCUT2D eigenvalue weighted by molar-refractivity contribution is 7.09. The first-order valence-electron chi connectivity index (χ1n) is 5.07. The lowest BCUT2D eigenvalue weighted by molar-refractivity contribution is 0.322. The fourth-order valence-electron chi connectivity index (χ4n) is 2.70. The zero-order chi connectivity index (χ0) is 8.67. The molecular weight excluding hydrogens is 180 g/mol. The lowest BCUT2D eigenvalue weighted by Gasteiger charge is -2.12. The Morgan fingerprint density at radius 1 is 1.54 bits per heavy atom. The average molecular weight is 194 g/mol. The molecule has 1 aromatic heterocycles. The van der Waals surface area contributed by atoms with E-state index < -0.39 is 0 Å². The van der Waals surface area contributed by atoms with Crippen LogP contribution in [0, 0.1) is 0 Å². The van der Waals surface area contributed by atoms with Crippen molar-refractivity contribution in [2.75, 3.05) is 13.1 Å². The summed E-state index contributed by atoms with van der Waals surface area (Å²) in [6, 6.07) is 0.883. The van der Waals surface area contributed by atoms with Gasteiger partial charge in [-0.05, 0) is 25.8 Å². The summed E-state index contributed by atoms with van der Waals surface area (Å²) in [5, 5.41) is 3.45. The van der Waals surface area contributed by atoms with E-state index in [0.717, 1.165) is 12.0 Å². The van der Waals surface area contributed by atoms with Gasteiger partial charge in [-0.1, -0.05) is 0 Å². The Hall–Kier alpha value is -0.410. The van der Waals surface area contributed by atoms with Crippen molar-refractivity contribution in [3.63, 3.8) is 0 Å². The first kappa shape index (κ1) is 7.94. The second-order valence-corrected chi connectivity index (χ2v) is 5.02. The average Bonchev–Trinajstić information content (AvgIpc) is 2.78. The van der Waals surface area contributed by atoms with Crippen molar-refractivity contribution < 1.29 is 0 Å². The molecule has 0 N–H and O–H groups in total. The maximum atomic E-state index is 4.42. The summed E-state index contributed by atoms with van der Waals surface area (Å²) in [4.78, 5) is 7.06. The normalized spacial score (nSPS) is 33.8. The van der Waals surface area contributed by atoms with Gasteiger partial charge in [0, 0.05) is 30.1 Å². The lowest BCUT2D eigenvalue weighted by atomic mass is 10.0. The summed E-state index contributed by atoms with van der Waals surface area (Å²) in [7, 11) is 0. The van der Waals surface area contributed by atoms with Crippen LogP contribution in [0.3, 0.4) is 0 Å². The van der Waals surface area contributed by atoms with E-state index >= 15 is 0 Å². The molecule has 2 aliphatic heterocycles. The Kier molecular flexibility index (Phi) is 1.87. The van der Waals surface area contributed by atoms with Crippen molar-refractivity contribution in [3.05, 3.63) is 16.6 Å². The molecule has 0 radical (unpaired) electrons. The molecule has 0 aliphatic carbocycles. The van der Waals surface area contributed by atoms with Crippen LogP contribution >= 0.6 is 11.3 Å². The molecule has 2 unspecified atom stereocenters. The number of aromatic nitrogens is 1. The molecule has 0 amide bonds. The smallest absolute Gasteiger partial charge is 0.0969 e. The monoisotopic (exact) mass is 194 g/mol. The van der Waals surface area contributed by atoms with Gasteiger partial charge in [-0.25, -0.2) is 4.98 Å². The van der Waals surface area contributed by atoms with E-state index in [-0.39, 0.29) is 0 Å². The molecule has 2 saturated heterocycles. The van der Waals surface area contributed by atoms with E-state index in [9.17, 15) is 0 Å². The zero-order valence-electron chi connectivity index (χ0n) is 7.65. The minimum Gasteiger partial charge on any atom is -0.300 e. The predicted molar refractivity (Wildman–Crippen MR) is 54.1 cm³/mol. The quantitative estimate of drug-likeness (QED) is 0.680. The summed E-state index contributed by atoms with van der Waals surface area (Å²) < 4.78 is 0. The second kappa shape index (κ2) is 3.07. The van der Waals surface area contributed by atoms with Gasteiger partial charge in [0.1, 0.15) is 0 Å². The van der Waals surface area contributed by atoms with Gasteiger partial charge in [-0.15, -0.1) is 11.3 Å². The summed E-state index contributed by atoms with van der Waals surface area (Å²) in [5.41, 5.74) is 0. The molecule has 3 heterocycles. The largest absolute Gasteiger partial charge is 0.300 e. The van der Waals surface area contributed by atoms with Crippen LogP contribution in [0.2, 0.25) is 0 Å². The zero-order valence-corrected chi connectivity index (χ0v) is 8.46. The molecule has 70 valence electrons. The van der Waals surface area contributed by atoms with Crippen LogP contribution in [0.4, 0.5) is 0 Å². The van der Waals surface area contributed by atoms with Gasteiger partial charge >= 0.3 is 0 Å². The summed E-state index contributed by atoms with van der Waals surface area (Å²) >= 11 is 1.82. The Morgan fingerprint density at radius 3 is 3.31 bits per heavy atom. The van der Waals surface area contributed by atoms with Crippen molar-refractivity contribution in [1.82, 2.24) is 9.88 Å². The Labute approximate surface area is 82.6 Å².